The Kier molecular flexibility index (Phi) is 4.81. The normalized spacial score (nSPS) is 19.5. The van der Waals surface area contributed by atoms with E-state index in [0.717, 1.165) is 11.0 Å². The Hall–Kier alpha value is -3.04. The predicted molar refractivity (Wildman–Crippen MR) is 87.5 cm³/mol. The van der Waals surface area contributed by atoms with Crippen LogP contribution in [0.4, 0.5) is 23.8 Å². The lowest BCUT2D eigenvalue weighted by atomic mass is 10.0. The Labute approximate surface area is 151 Å². The Balaban J connectivity index is 1.91. The van der Waals surface area contributed by atoms with E-state index in [4.69, 9.17) is 9.84 Å². The fourth-order valence-corrected chi connectivity index (χ4v) is 2.99. The minimum atomic E-state index is -4.63. The van der Waals surface area contributed by atoms with Crippen molar-refractivity contribution in [2.75, 3.05) is 4.90 Å². The van der Waals surface area contributed by atoms with Crippen LogP contribution in [-0.2, 0) is 11.3 Å². The lowest BCUT2D eigenvalue weighted by molar-refractivity contribution is -0.174. The third-order valence-corrected chi connectivity index (χ3v) is 4.26. The number of aromatic carboxylic acids is 1. The second kappa shape index (κ2) is 6.93. The minimum absolute atomic E-state index is 0.0640. The Morgan fingerprint density at radius 1 is 1.30 bits per heavy atom. The van der Waals surface area contributed by atoms with E-state index in [1.165, 1.54) is 6.92 Å². The number of amides is 1. The number of ether oxygens (including phenoxy) is 1. The van der Waals surface area contributed by atoms with Crippen molar-refractivity contribution in [3.05, 3.63) is 47.7 Å². The van der Waals surface area contributed by atoms with Crippen LogP contribution in [0.5, 0.6) is 0 Å². The number of carboxylic acid groups (broad SMARTS) is 1. The van der Waals surface area contributed by atoms with Gasteiger partial charge in [-0.15, -0.1) is 0 Å². The number of carboxylic acids is 1. The van der Waals surface area contributed by atoms with Crippen LogP contribution in [0.25, 0.3) is 0 Å². The number of aromatic nitrogens is 2. The molecule has 2 unspecified atom stereocenters. The number of rotatable bonds is 3. The smallest absolute Gasteiger partial charge is 0.416 e. The molecule has 1 aromatic carbocycles. The highest BCUT2D eigenvalue weighted by molar-refractivity contribution is 5.91. The average molecular weight is 383 g/mol. The van der Waals surface area contributed by atoms with Gasteiger partial charge in [-0.05, 0) is 18.9 Å². The molecule has 144 valence electrons. The molecule has 7 nitrogen and oxygen atoms in total. The van der Waals surface area contributed by atoms with Gasteiger partial charge >= 0.3 is 18.2 Å². The van der Waals surface area contributed by atoms with E-state index >= 15 is 0 Å². The van der Waals surface area contributed by atoms with E-state index in [9.17, 15) is 22.8 Å². The van der Waals surface area contributed by atoms with Crippen LogP contribution in [0.15, 0.2) is 36.4 Å². The largest absolute Gasteiger partial charge is 0.476 e. The maximum atomic E-state index is 13.4. The molecular weight excluding hydrogens is 367 g/mol. The molecule has 1 aliphatic heterocycles. The predicted octanol–water partition coefficient (Wildman–Crippen LogP) is 3.62. The summed E-state index contributed by atoms with van der Waals surface area (Å²) in [7, 11) is 0. The zero-order valence-corrected chi connectivity index (χ0v) is 14.2. The quantitative estimate of drug-likeness (QED) is 0.875. The monoisotopic (exact) mass is 383 g/mol. The molecule has 10 heteroatoms. The van der Waals surface area contributed by atoms with Crippen molar-refractivity contribution in [1.29, 1.82) is 0 Å². The van der Waals surface area contributed by atoms with Crippen molar-refractivity contribution in [3.8, 4) is 0 Å². The minimum Gasteiger partial charge on any atom is -0.476 e. The standard InChI is InChI=1S/C17H16F3N3O4/c1-10-7-13(17(18,19)20)23-14(8-12(21-23)15(24)25)22(10)16(26)27-9-11-5-3-2-4-6-11/h2-6,8,10,13H,7,9H2,1H3,(H,24,25). The number of halogens is 3. The van der Waals surface area contributed by atoms with Crippen molar-refractivity contribution in [2.24, 2.45) is 0 Å². The first kappa shape index (κ1) is 18.7. The number of hydrogen-bond acceptors (Lipinski definition) is 4. The fraction of sp³-hybridized carbons (Fsp3) is 0.353. The summed E-state index contributed by atoms with van der Waals surface area (Å²) in [6, 6.07) is 6.85. The molecule has 0 saturated heterocycles. The molecule has 0 aliphatic carbocycles. The summed E-state index contributed by atoms with van der Waals surface area (Å²) in [6.45, 7) is 1.38. The number of fused-ring (bicyclic) bond motifs is 1. The van der Waals surface area contributed by atoms with Crippen LogP contribution in [-0.4, -0.2) is 39.2 Å². The highest BCUT2D eigenvalue weighted by atomic mass is 19.4. The van der Waals surface area contributed by atoms with Gasteiger partial charge in [-0.25, -0.2) is 14.3 Å². The van der Waals surface area contributed by atoms with E-state index < -0.39 is 42.4 Å². The average Bonchev–Trinajstić information content (AvgIpc) is 3.04. The molecule has 2 aromatic rings. The van der Waals surface area contributed by atoms with Crippen molar-refractivity contribution in [2.45, 2.75) is 38.2 Å². The van der Waals surface area contributed by atoms with Gasteiger partial charge in [0.2, 0.25) is 0 Å². The molecular formula is C17H16F3N3O4. The number of benzene rings is 1. The number of alkyl halides is 3. The number of hydrogen-bond donors (Lipinski definition) is 1. The maximum absolute atomic E-state index is 13.4. The molecule has 0 radical (unpaired) electrons. The number of anilines is 1. The molecule has 2 heterocycles. The van der Waals surface area contributed by atoms with Crippen LogP contribution in [0, 0.1) is 0 Å². The Morgan fingerprint density at radius 3 is 2.56 bits per heavy atom. The van der Waals surface area contributed by atoms with Gasteiger partial charge < -0.3 is 9.84 Å². The summed E-state index contributed by atoms with van der Waals surface area (Å²) >= 11 is 0. The summed E-state index contributed by atoms with van der Waals surface area (Å²) < 4.78 is 45.8. The van der Waals surface area contributed by atoms with Crippen LogP contribution in [0.3, 0.4) is 0 Å². The second-order valence-electron chi connectivity index (χ2n) is 6.19. The molecule has 0 bridgehead atoms. The first-order valence-electron chi connectivity index (χ1n) is 8.08. The molecule has 1 amide bonds. The lowest BCUT2D eigenvalue weighted by Crippen LogP contribution is -2.48. The van der Waals surface area contributed by atoms with Crippen molar-refractivity contribution < 1.29 is 32.6 Å². The Morgan fingerprint density at radius 2 is 1.96 bits per heavy atom. The number of nitrogens with zero attached hydrogens (tertiary/aromatic N) is 3. The maximum Gasteiger partial charge on any atom is 0.416 e. The molecule has 27 heavy (non-hydrogen) atoms. The van der Waals surface area contributed by atoms with E-state index in [2.05, 4.69) is 5.10 Å². The topological polar surface area (TPSA) is 84.7 Å². The molecule has 0 saturated carbocycles. The summed E-state index contributed by atoms with van der Waals surface area (Å²) in [5, 5.41) is 12.6. The number of carbonyl (C=O) groups is 2. The SMILES string of the molecule is CC1CC(C(F)(F)F)n2nc(C(=O)O)cc2N1C(=O)OCc1ccccc1. The van der Waals surface area contributed by atoms with Gasteiger partial charge in [0.1, 0.15) is 12.4 Å². The summed E-state index contributed by atoms with van der Waals surface area (Å²) in [5.74, 6) is -1.74. The molecule has 2 atom stereocenters. The fourth-order valence-electron chi connectivity index (χ4n) is 2.99. The Bertz CT molecular complexity index is 851. The highest BCUT2D eigenvalue weighted by Gasteiger charge is 2.49. The lowest BCUT2D eigenvalue weighted by Gasteiger charge is -2.37. The van der Waals surface area contributed by atoms with Crippen molar-refractivity contribution in [1.82, 2.24) is 9.78 Å². The summed E-state index contributed by atoms with van der Waals surface area (Å²) in [5.41, 5.74) is 0.137. The van der Waals surface area contributed by atoms with Crippen LogP contribution < -0.4 is 4.90 Å². The first-order chi connectivity index (χ1) is 12.7. The van der Waals surface area contributed by atoms with Gasteiger partial charge in [-0.1, -0.05) is 30.3 Å². The van der Waals surface area contributed by atoms with E-state index in [1.54, 1.807) is 30.3 Å². The molecule has 0 fully saturated rings. The van der Waals surface area contributed by atoms with Gasteiger partial charge in [0.05, 0.1) is 0 Å². The van der Waals surface area contributed by atoms with Gasteiger partial charge in [0, 0.05) is 12.1 Å². The third kappa shape index (κ3) is 3.74. The third-order valence-electron chi connectivity index (χ3n) is 4.26. The van der Waals surface area contributed by atoms with E-state index in [-0.39, 0.29) is 12.4 Å². The van der Waals surface area contributed by atoms with Crippen molar-refractivity contribution >= 4 is 17.9 Å². The van der Waals surface area contributed by atoms with Gasteiger partial charge in [0.15, 0.2) is 11.7 Å². The van der Waals surface area contributed by atoms with Crippen LogP contribution >= 0.6 is 0 Å². The van der Waals surface area contributed by atoms with Gasteiger partial charge in [0.25, 0.3) is 0 Å². The van der Waals surface area contributed by atoms with Gasteiger partial charge in [-0.2, -0.15) is 18.3 Å². The number of carbonyl (C=O) groups excluding carboxylic acids is 1. The van der Waals surface area contributed by atoms with Gasteiger partial charge in [-0.3, -0.25) is 4.90 Å². The first-order valence-corrected chi connectivity index (χ1v) is 8.08. The summed E-state index contributed by atoms with van der Waals surface area (Å²) in [6.07, 6.45) is -5.97. The second-order valence-corrected chi connectivity index (χ2v) is 6.19. The summed E-state index contributed by atoms with van der Waals surface area (Å²) in [4.78, 5) is 24.7. The zero-order valence-electron chi connectivity index (χ0n) is 14.2. The molecule has 1 N–H and O–H groups in total. The van der Waals surface area contributed by atoms with Crippen LogP contribution in [0.2, 0.25) is 0 Å². The molecule has 1 aliphatic rings. The van der Waals surface area contributed by atoms with Crippen molar-refractivity contribution in [3.63, 3.8) is 0 Å². The van der Waals surface area contributed by atoms with E-state index in [0.29, 0.717) is 10.2 Å². The molecule has 3 rings (SSSR count). The molecule has 0 spiro atoms. The highest BCUT2D eigenvalue weighted by Crippen LogP contribution is 2.42. The zero-order chi connectivity index (χ0) is 19.8. The van der Waals surface area contributed by atoms with Crippen LogP contribution in [0.1, 0.15) is 35.4 Å². The van der Waals surface area contributed by atoms with E-state index in [1.807, 2.05) is 0 Å². The molecule has 1 aromatic heterocycles.